The number of fused-ring (bicyclic) bond motifs is 2. The number of unbranched alkanes of at least 4 members (excludes halogenated alkanes) is 2. The number of nitrogens with zero attached hydrogens (tertiary/aromatic N) is 2. The summed E-state index contributed by atoms with van der Waals surface area (Å²) in [5.74, 6) is 0.591. The average Bonchev–Trinajstić information content (AvgIpc) is 3.19. The van der Waals surface area contributed by atoms with Gasteiger partial charge in [0.25, 0.3) is 0 Å². The predicted octanol–water partition coefficient (Wildman–Crippen LogP) is 6.06. The quantitative estimate of drug-likeness (QED) is 0.515. The number of halogens is 3. The van der Waals surface area contributed by atoms with Gasteiger partial charge in [-0.2, -0.15) is 13.2 Å². The Kier molecular flexibility index (Phi) is 4.87. The molecule has 1 aromatic heterocycles. The van der Waals surface area contributed by atoms with E-state index in [0.29, 0.717) is 23.4 Å². The van der Waals surface area contributed by atoms with Crippen molar-refractivity contribution in [2.24, 2.45) is 0 Å². The number of hydrogen-bond acceptors (Lipinski definition) is 2. The first-order valence-corrected chi connectivity index (χ1v) is 10.2. The van der Waals surface area contributed by atoms with Gasteiger partial charge in [-0.3, -0.25) is 4.79 Å². The lowest BCUT2D eigenvalue weighted by Gasteiger charge is -2.20. The van der Waals surface area contributed by atoms with Crippen LogP contribution in [0.2, 0.25) is 0 Å². The summed E-state index contributed by atoms with van der Waals surface area (Å²) in [6.45, 7) is 6.64. The highest BCUT2D eigenvalue weighted by molar-refractivity contribution is 6.09. The van der Waals surface area contributed by atoms with Crippen LogP contribution in [0.15, 0.2) is 36.4 Å². The van der Waals surface area contributed by atoms with Gasteiger partial charge < -0.3 is 9.88 Å². The third kappa shape index (κ3) is 3.36. The van der Waals surface area contributed by atoms with E-state index in [1.54, 1.807) is 0 Å². The molecule has 1 aliphatic heterocycles. The number of carbonyl (C=O) groups excluding carboxylic acids is 1. The summed E-state index contributed by atoms with van der Waals surface area (Å²) in [7, 11) is 0. The predicted molar refractivity (Wildman–Crippen MR) is 111 cm³/mol. The molecular formula is C23H24F3N3O. The molecule has 2 aromatic carbocycles. The van der Waals surface area contributed by atoms with Crippen LogP contribution in [0.5, 0.6) is 0 Å². The minimum Gasteiger partial charge on any atom is -0.338 e. The number of amides is 1. The van der Waals surface area contributed by atoms with Crippen molar-refractivity contribution in [3.63, 3.8) is 0 Å². The molecule has 30 heavy (non-hydrogen) atoms. The Morgan fingerprint density at radius 2 is 1.80 bits per heavy atom. The number of alkyl halides is 3. The number of H-pyrrole nitrogens is 1. The van der Waals surface area contributed by atoms with E-state index in [2.05, 4.69) is 16.9 Å². The standard InChI is InChI=1S/C23H24F3N3O/c1-4-5-6-11-29-19-13-18-17(12-16(19)22(2,3)21(29)30)27-20(28-18)14-7-9-15(10-8-14)23(24,25)26/h7-10,12-13H,4-6,11H2,1-3H3,(H,27,28). The molecular weight excluding hydrogens is 391 g/mol. The number of nitrogens with one attached hydrogen (secondary N) is 1. The molecule has 3 aromatic rings. The topological polar surface area (TPSA) is 49.0 Å². The van der Waals surface area contributed by atoms with E-state index in [-0.39, 0.29) is 5.91 Å². The molecule has 0 saturated carbocycles. The first-order valence-electron chi connectivity index (χ1n) is 10.2. The number of carbonyl (C=O) groups is 1. The van der Waals surface area contributed by atoms with E-state index in [9.17, 15) is 18.0 Å². The molecule has 158 valence electrons. The van der Waals surface area contributed by atoms with Crippen LogP contribution in [0.25, 0.3) is 22.4 Å². The fraction of sp³-hybridized carbons (Fsp3) is 0.391. The first-order chi connectivity index (χ1) is 14.1. The van der Waals surface area contributed by atoms with Gasteiger partial charge in [-0.25, -0.2) is 4.98 Å². The Bertz CT molecular complexity index is 1100. The second kappa shape index (κ2) is 7.15. The number of anilines is 1. The second-order valence-electron chi connectivity index (χ2n) is 8.34. The molecule has 4 nitrogen and oxygen atoms in total. The van der Waals surface area contributed by atoms with Crippen LogP contribution < -0.4 is 4.90 Å². The Hall–Kier alpha value is -2.83. The Labute approximate surface area is 173 Å². The van der Waals surface area contributed by atoms with Gasteiger partial charge >= 0.3 is 6.18 Å². The number of rotatable bonds is 5. The molecule has 0 saturated heterocycles. The highest BCUT2D eigenvalue weighted by atomic mass is 19.4. The van der Waals surface area contributed by atoms with E-state index >= 15 is 0 Å². The maximum absolute atomic E-state index is 13.0. The Morgan fingerprint density at radius 1 is 1.10 bits per heavy atom. The SMILES string of the molecule is CCCCCN1C(=O)C(C)(C)c2cc3[nH]c(-c4ccc(C(F)(F)F)cc4)nc3cc21. The molecule has 2 heterocycles. The monoisotopic (exact) mass is 415 g/mol. The van der Waals surface area contributed by atoms with Gasteiger partial charge in [0.1, 0.15) is 5.82 Å². The van der Waals surface area contributed by atoms with Gasteiger partial charge in [0.05, 0.1) is 27.7 Å². The zero-order valence-electron chi connectivity index (χ0n) is 17.2. The van der Waals surface area contributed by atoms with E-state index in [1.165, 1.54) is 12.1 Å². The first kappa shape index (κ1) is 20.4. The summed E-state index contributed by atoms with van der Waals surface area (Å²) in [5.41, 5.74) is 2.53. The smallest absolute Gasteiger partial charge is 0.338 e. The third-order valence-electron chi connectivity index (χ3n) is 5.81. The van der Waals surface area contributed by atoms with E-state index in [1.807, 2.05) is 30.9 Å². The molecule has 0 radical (unpaired) electrons. The zero-order chi connectivity index (χ0) is 21.7. The van der Waals surface area contributed by atoms with Crippen molar-refractivity contribution in [2.75, 3.05) is 11.4 Å². The van der Waals surface area contributed by atoms with Gasteiger partial charge in [0, 0.05) is 12.1 Å². The molecule has 1 aliphatic rings. The lowest BCUT2D eigenvalue weighted by atomic mass is 9.86. The van der Waals surface area contributed by atoms with Crippen LogP contribution in [-0.2, 0) is 16.4 Å². The molecule has 1 amide bonds. The fourth-order valence-corrected chi connectivity index (χ4v) is 4.03. The van der Waals surface area contributed by atoms with Crippen molar-refractivity contribution in [1.29, 1.82) is 0 Å². The van der Waals surface area contributed by atoms with Gasteiger partial charge in [0.15, 0.2) is 0 Å². The summed E-state index contributed by atoms with van der Waals surface area (Å²) < 4.78 is 38.5. The second-order valence-corrected chi connectivity index (χ2v) is 8.34. The Balaban J connectivity index is 1.73. The van der Waals surface area contributed by atoms with E-state index in [0.717, 1.165) is 48.2 Å². The van der Waals surface area contributed by atoms with Crippen LogP contribution >= 0.6 is 0 Å². The van der Waals surface area contributed by atoms with Crippen molar-refractivity contribution >= 4 is 22.6 Å². The van der Waals surface area contributed by atoms with Gasteiger partial charge in [-0.05, 0) is 50.1 Å². The summed E-state index contributed by atoms with van der Waals surface area (Å²) in [6, 6.07) is 8.80. The van der Waals surface area contributed by atoms with Crippen molar-refractivity contribution in [2.45, 2.75) is 51.6 Å². The van der Waals surface area contributed by atoms with Crippen molar-refractivity contribution in [1.82, 2.24) is 9.97 Å². The Morgan fingerprint density at radius 3 is 2.43 bits per heavy atom. The fourth-order valence-electron chi connectivity index (χ4n) is 4.03. The molecule has 7 heteroatoms. The lowest BCUT2D eigenvalue weighted by molar-refractivity contribution is -0.137. The van der Waals surface area contributed by atoms with Gasteiger partial charge in [-0.15, -0.1) is 0 Å². The van der Waals surface area contributed by atoms with E-state index in [4.69, 9.17) is 0 Å². The lowest BCUT2D eigenvalue weighted by Crippen LogP contribution is -2.36. The number of aromatic amines is 1. The largest absolute Gasteiger partial charge is 0.416 e. The normalized spacial score (nSPS) is 15.8. The van der Waals surface area contributed by atoms with Gasteiger partial charge in [0.2, 0.25) is 5.91 Å². The number of hydrogen-bond donors (Lipinski definition) is 1. The van der Waals surface area contributed by atoms with Crippen molar-refractivity contribution in [3.05, 3.63) is 47.5 Å². The number of aromatic nitrogens is 2. The highest BCUT2D eigenvalue weighted by Gasteiger charge is 2.44. The van der Waals surface area contributed by atoms with Gasteiger partial charge in [-0.1, -0.05) is 31.9 Å². The maximum Gasteiger partial charge on any atom is 0.416 e. The third-order valence-corrected chi connectivity index (χ3v) is 5.81. The minimum atomic E-state index is -4.37. The van der Waals surface area contributed by atoms with E-state index < -0.39 is 17.2 Å². The van der Waals surface area contributed by atoms with Crippen molar-refractivity contribution < 1.29 is 18.0 Å². The summed E-state index contributed by atoms with van der Waals surface area (Å²) in [4.78, 5) is 22.6. The summed E-state index contributed by atoms with van der Waals surface area (Å²) in [6.07, 6.45) is -1.30. The number of benzene rings is 2. The molecule has 0 bridgehead atoms. The average molecular weight is 415 g/mol. The highest BCUT2D eigenvalue weighted by Crippen LogP contribution is 2.43. The molecule has 0 atom stereocenters. The van der Waals surface area contributed by atoms with Crippen LogP contribution in [0.4, 0.5) is 18.9 Å². The minimum absolute atomic E-state index is 0.0872. The maximum atomic E-state index is 13.0. The molecule has 1 N–H and O–H groups in total. The molecule has 0 unspecified atom stereocenters. The van der Waals surface area contributed by atoms with Crippen LogP contribution in [0, 0.1) is 0 Å². The zero-order valence-corrected chi connectivity index (χ0v) is 17.2. The molecule has 0 aliphatic carbocycles. The molecule has 0 fully saturated rings. The number of imidazole rings is 1. The summed E-state index contributed by atoms with van der Waals surface area (Å²) in [5, 5.41) is 0. The van der Waals surface area contributed by atoms with Crippen LogP contribution in [-0.4, -0.2) is 22.4 Å². The summed E-state index contributed by atoms with van der Waals surface area (Å²) >= 11 is 0. The van der Waals surface area contributed by atoms with Crippen LogP contribution in [0.1, 0.15) is 51.2 Å². The molecule has 0 spiro atoms. The van der Waals surface area contributed by atoms with Crippen molar-refractivity contribution in [3.8, 4) is 11.4 Å². The van der Waals surface area contributed by atoms with Crippen LogP contribution in [0.3, 0.4) is 0 Å². The molecule has 4 rings (SSSR count).